The van der Waals surface area contributed by atoms with Crippen LogP contribution in [-0.4, -0.2) is 6.71 Å². The molecule has 0 saturated heterocycles. The van der Waals surface area contributed by atoms with Gasteiger partial charge in [-0.05, 0) is 132 Å². The molecule has 3 aliphatic rings. The fourth-order valence-electron chi connectivity index (χ4n) is 10.8. The third-order valence-corrected chi connectivity index (χ3v) is 14.7. The van der Waals surface area contributed by atoms with E-state index in [4.69, 9.17) is 0 Å². The van der Waals surface area contributed by atoms with E-state index in [0.29, 0.717) is 0 Å². The number of rotatable bonds is 3. The molecule has 328 valence electrons. The maximum atomic E-state index is 2.59. The van der Waals surface area contributed by atoms with E-state index >= 15 is 0 Å². The van der Waals surface area contributed by atoms with E-state index in [2.05, 4.69) is 257 Å². The normalized spacial score (nSPS) is 15.2. The Kier molecular flexibility index (Phi) is 9.58. The molecule has 3 nitrogen and oxygen atoms in total. The average Bonchev–Trinajstić information content (AvgIpc) is 3.25. The van der Waals surface area contributed by atoms with Gasteiger partial charge in [0, 0.05) is 39.5 Å². The molecular formula is C61H66BN3. The van der Waals surface area contributed by atoms with E-state index in [0.717, 1.165) is 5.69 Å². The van der Waals surface area contributed by atoms with Crippen molar-refractivity contribution < 1.29 is 0 Å². The molecule has 0 amide bonds. The minimum Gasteiger partial charge on any atom is -0.311 e. The van der Waals surface area contributed by atoms with Crippen molar-refractivity contribution in [3.05, 3.63) is 179 Å². The lowest BCUT2D eigenvalue weighted by molar-refractivity contribution is 0.590. The Balaban J connectivity index is 1.35. The highest BCUT2D eigenvalue weighted by Crippen LogP contribution is 2.54. The van der Waals surface area contributed by atoms with E-state index < -0.39 is 0 Å². The lowest BCUT2D eigenvalue weighted by Gasteiger charge is -2.46. The molecule has 0 unspecified atom stereocenters. The Labute approximate surface area is 390 Å². The number of fused-ring (bicyclic) bond motifs is 6. The maximum Gasteiger partial charge on any atom is 0.252 e. The second-order valence-corrected chi connectivity index (χ2v) is 23.6. The molecular weight excluding hydrogens is 786 g/mol. The van der Waals surface area contributed by atoms with Crippen molar-refractivity contribution in [1.29, 1.82) is 0 Å². The van der Waals surface area contributed by atoms with Gasteiger partial charge in [0.1, 0.15) is 0 Å². The lowest BCUT2D eigenvalue weighted by atomic mass is 9.33. The lowest BCUT2D eigenvalue weighted by Crippen LogP contribution is -2.61. The van der Waals surface area contributed by atoms with Crippen LogP contribution in [0.2, 0.25) is 0 Å². The van der Waals surface area contributed by atoms with Crippen LogP contribution in [0.1, 0.15) is 130 Å². The van der Waals surface area contributed by atoms with Gasteiger partial charge in [0.25, 0.3) is 6.71 Å². The molecule has 0 bridgehead atoms. The summed E-state index contributed by atoms with van der Waals surface area (Å²) < 4.78 is 0. The number of anilines is 9. The van der Waals surface area contributed by atoms with E-state index in [1.807, 2.05) is 0 Å². The molecule has 10 rings (SSSR count). The van der Waals surface area contributed by atoms with Crippen LogP contribution in [0.4, 0.5) is 51.2 Å². The van der Waals surface area contributed by atoms with Gasteiger partial charge in [-0.25, -0.2) is 0 Å². The fraction of sp³-hybridized carbons (Fsp3) is 0.311. The standard InChI is InChI=1S/C61H66BN3/c1-57(2,3)39-23-29-43(30-24-39)63-52-35-41(59(7,8)9)27-33-48(52)62-49-34-28-42(60(10,11)12)36-53(49)64(44-31-25-40(26-32-44)58(4,5)6)55-38-45(37-54(63)56(55)62)65-50-21-17-15-19-46(50)61(13,14)47-20-16-18-22-51(47)65/h15-38H,1-14H3. The van der Waals surface area contributed by atoms with Gasteiger partial charge in [-0.2, -0.15) is 0 Å². The summed E-state index contributed by atoms with van der Waals surface area (Å²) in [7, 11) is 0. The van der Waals surface area contributed by atoms with Crippen LogP contribution >= 0.6 is 0 Å². The van der Waals surface area contributed by atoms with Gasteiger partial charge < -0.3 is 14.7 Å². The van der Waals surface area contributed by atoms with Gasteiger partial charge in [-0.15, -0.1) is 0 Å². The summed E-state index contributed by atoms with van der Waals surface area (Å²) in [5, 5.41) is 0. The Morgan fingerprint density at radius 2 is 0.677 bits per heavy atom. The molecule has 7 aromatic carbocycles. The molecule has 0 radical (unpaired) electrons. The van der Waals surface area contributed by atoms with Crippen LogP contribution in [0.3, 0.4) is 0 Å². The van der Waals surface area contributed by atoms with Crippen molar-refractivity contribution in [3.8, 4) is 0 Å². The first-order chi connectivity index (χ1) is 30.5. The summed E-state index contributed by atoms with van der Waals surface area (Å²) in [6.07, 6.45) is 0. The van der Waals surface area contributed by atoms with E-state index in [9.17, 15) is 0 Å². The first-order valence-electron chi connectivity index (χ1n) is 23.8. The van der Waals surface area contributed by atoms with Crippen molar-refractivity contribution in [1.82, 2.24) is 0 Å². The summed E-state index contributed by atoms with van der Waals surface area (Å²) in [5.41, 5.74) is 22.6. The largest absolute Gasteiger partial charge is 0.311 e. The Bertz CT molecular complexity index is 2800. The number of nitrogens with zero attached hydrogens (tertiary/aromatic N) is 3. The minimum absolute atomic E-state index is 0.0112. The third kappa shape index (κ3) is 6.93. The topological polar surface area (TPSA) is 9.72 Å². The zero-order valence-electron chi connectivity index (χ0n) is 41.3. The first kappa shape index (κ1) is 42.9. The predicted octanol–water partition coefficient (Wildman–Crippen LogP) is 15.1. The maximum absolute atomic E-state index is 2.59. The van der Waals surface area contributed by atoms with Crippen molar-refractivity contribution in [2.45, 2.75) is 124 Å². The van der Waals surface area contributed by atoms with Crippen molar-refractivity contribution in [2.24, 2.45) is 0 Å². The molecule has 4 heteroatoms. The summed E-state index contributed by atoms with van der Waals surface area (Å²) in [4.78, 5) is 7.74. The second-order valence-electron chi connectivity index (χ2n) is 23.6. The number of hydrogen-bond donors (Lipinski definition) is 0. The predicted molar refractivity (Wildman–Crippen MR) is 282 cm³/mol. The molecule has 0 atom stereocenters. The highest BCUT2D eigenvalue weighted by atomic mass is 15.2. The smallest absolute Gasteiger partial charge is 0.252 e. The van der Waals surface area contributed by atoms with Gasteiger partial charge in [-0.1, -0.05) is 182 Å². The number of para-hydroxylation sites is 2. The van der Waals surface area contributed by atoms with E-state index in [1.54, 1.807) is 0 Å². The SMILES string of the molecule is CC(C)(C)c1ccc(N2c3cc(C(C)(C)C)ccc3B3c4ccc(C(C)(C)C)cc4N(c4ccc(C(C)(C)C)cc4)c4cc(N5c6ccccc6C(C)(C)c6ccccc65)cc2c43)cc1. The third-order valence-electron chi connectivity index (χ3n) is 14.7. The average molecular weight is 852 g/mol. The summed E-state index contributed by atoms with van der Waals surface area (Å²) >= 11 is 0. The number of hydrogen-bond acceptors (Lipinski definition) is 3. The molecule has 0 N–H and O–H groups in total. The quantitative estimate of drug-likeness (QED) is 0.164. The molecule has 7 aromatic rings. The zero-order chi connectivity index (χ0) is 46.2. The molecule has 0 aromatic heterocycles. The zero-order valence-corrected chi connectivity index (χ0v) is 41.3. The molecule has 0 spiro atoms. The summed E-state index contributed by atoms with van der Waals surface area (Å²) in [6.45, 7) is 32.6. The van der Waals surface area contributed by atoms with E-state index in [-0.39, 0.29) is 33.8 Å². The molecule has 0 aliphatic carbocycles. The molecule has 0 saturated carbocycles. The Hall–Kier alpha value is -6.00. The highest BCUT2D eigenvalue weighted by Gasteiger charge is 2.46. The molecule has 65 heavy (non-hydrogen) atoms. The van der Waals surface area contributed by atoms with Crippen LogP contribution in [0.15, 0.2) is 146 Å². The molecule has 0 fully saturated rings. The van der Waals surface area contributed by atoms with Crippen LogP contribution in [0.5, 0.6) is 0 Å². The van der Waals surface area contributed by atoms with Gasteiger partial charge in [0.2, 0.25) is 0 Å². The van der Waals surface area contributed by atoms with Gasteiger partial charge in [0.15, 0.2) is 0 Å². The molecule has 3 heterocycles. The Morgan fingerprint density at radius 3 is 1.05 bits per heavy atom. The Morgan fingerprint density at radius 1 is 0.338 bits per heavy atom. The minimum atomic E-state index is -0.177. The molecule has 3 aliphatic heterocycles. The van der Waals surface area contributed by atoms with E-state index in [1.165, 1.54) is 95.3 Å². The van der Waals surface area contributed by atoms with Crippen LogP contribution < -0.4 is 31.1 Å². The van der Waals surface area contributed by atoms with Crippen LogP contribution in [-0.2, 0) is 27.1 Å². The number of benzene rings is 7. The van der Waals surface area contributed by atoms with Crippen molar-refractivity contribution in [3.63, 3.8) is 0 Å². The van der Waals surface area contributed by atoms with Gasteiger partial charge >= 0.3 is 0 Å². The first-order valence-corrected chi connectivity index (χ1v) is 23.8. The van der Waals surface area contributed by atoms with Crippen molar-refractivity contribution in [2.75, 3.05) is 14.7 Å². The monoisotopic (exact) mass is 852 g/mol. The van der Waals surface area contributed by atoms with Gasteiger partial charge in [-0.3, -0.25) is 0 Å². The highest BCUT2D eigenvalue weighted by molar-refractivity contribution is 7.00. The van der Waals surface area contributed by atoms with Gasteiger partial charge in [0.05, 0.1) is 17.1 Å². The van der Waals surface area contributed by atoms with Crippen LogP contribution in [0.25, 0.3) is 0 Å². The summed E-state index contributed by atoms with van der Waals surface area (Å²) in [6, 6.07) is 56.6. The van der Waals surface area contributed by atoms with Crippen molar-refractivity contribution >= 4 is 74.3 Å². The van der Waals surface area contributed by atoms with Crippen LogP contribution in [0, 0.1) is 0 Å². The second kappa shape index (κ2) is 14.5. The fourth-order valence-corrected chi connectivity index (χ4v) is 10.8. The summed E-state index contributed by atoms with van der Waals surface area (Å²) in [5.74, 6) is 0.